The Hall–Kier alpha value is -3.04. The second kappa shape index (κ2) is 9.84. The van der Waals surface area contributed by atoms with Gasteiger partial charge in [0.2, 0.25) is 5.13 Å². The van der Waals surface area contributed by atoms with Crippen LogP contribution in [0, 0.1) is 6.92 Å². The molecule has 0 unspecified atom stereocenters. The molecule has 0 aliphatic carbocycles. The smallest absolute Gasteiger partial charge is 0.301 e. The zero-order valence-corrected chi connectivity index (χ0v) is 20.5. The lowest BCUT2D eigenvalue weighted by Crippen LogP contribution is -2.29. The van der Waals surface area contributed by atoms with Crippen LogP contribution >= 0.6 is 27.3 Å². The van der Waals surface area contributed by atoms with Crippen molar-refractivity contribution in [1.29, 1.82) is 0 Å². The van der Waals surface area contributed by atoms with Gasteiger partial charge in [-0.15, -0.1) is 10.2 Å². The van der Waals surface area contributed by atoms with Crippen LogP contribution in [0.1, 0.15) is 41.9 Å². The third-order valence-corrected chi connectivity index (χ3v) is 6.61. The monoisotopic (exact) mass is 527 g/mol. The first-order chi connectivity index (χ1) is 15.9. The summed E-state index contributed by atoms with van der Waals surface area (Å²) in [6.07, 6.45) is 1.98. The molecule has 0 bridgehead atoms. The number of unbranched alkanes of at least 4 members (excludes halogenated alkanes) is 1. The molecule has 1 N–H and O–H groups in total. The number of ketones is 1. The fraction of sp³-hybridized carbons (Fsp3) is 0.250. The molecule has 1 aliphatic rings. The van der Waals surface area contributed by atoms with Crippen LogP contribution in [0.5, 0.6) is 5.75 Å². The predicted molar refractivity (Wildman–Crippen MR) is 130 cm³/mol. The van der Waals surface area contributed by atoms with E-state index in [1.165, 1.54) is 16.2 Å². The van der Waals surface area contributed by atoms with E-state index >= 15 is 0 Å². The zero-order chi connectivity index (χ0) is 23.5. The average molecular weight is 528 g/mol. The second-order valence-electron chi connectivity index (χ2n) is 7.55. The lowest BCUT2D eigenvalue weighted by Gasteiger charge is -2.22. The number of aliphatic hydroxyl groups excluding tert-OH is 1. The summed E-state index contributed by atoms with van der Waals surface area (Å²) < 4.78 is 6.53. The number of rotatable bonds is 7. The quantitative estimate of drug-likeness (QED) is 0.191. The Morgan fingerprint density at radius 2 is 1.82 bits per heavy atom. The number of hydrogen-bond acceptors (Lipinski definition) is 7. The van der Waals surface area contributed by atoms with Crippen molar-refractivity contribution in [3.8, 4) is 5.75 Å². The van der Waals surface area contributed by atoms with Gasteiger partial charge in [-0.2, -0.15) is 0 Å². The van der Waals surface area contributed by atoms with Gasteiger partial charge in [0, 0.05) is 10.0 Å². The second-order valence-corrected chi connectivity index (χ2v) is 9.63. The fourth-order valence-electron chi connectivity index (χ4n) is 3.57. The highest BCUT2D eigenvalue weighted by atomic mass is 79.9. The molecular weight excluding hydrogens is 506 g/mol. The van der Waals surface area contributed by atoms with Crippen molar-refractivity contribution in [2.75, 3.05) is 11.5 Å². The van der Waals surface area contributed by atoms with Gasteiger partial charge in [-0.25, -0.2) is 0 Å². The van der Waals surface area contributed by atoms with Crippen molar-refractivity contribution in [1.82, 2.24) is 10.2 Å². The molecule has 7 nitrogen and oxygen atoms in total. The number of ether oxygens (including phenoxy) is 1. The van der Waals surface area contributed by atoms with Gasteiger partial charge in [-0.3, -0.25) is 14.5 Å². The summed E-state index contributed by atoms with van der Waals surface area (Å²) in [5.41, 5.74) is 1.10. The highest BCUT2D eigenvalue weighted by Gasteiger charge is 2.48. The third-order valence-electron chi connectivity index (χ3n) is 5.25. The lowest BCUT2D eigenvalue weighted by molar-refractivity contribution is -0.132. The molecule has 4 rings (SSSR count). The van der Waals surface area contributed by atoms with E-state index in [0.717, 1.165) is 17.3 Å². The fourth-order valence-corrected chi connectivity index (χ4v) is 4.55. The number of aliphatic hydroxyl groups is 1. The summed E-state index contributed by atoms with van der Waals surface area (Å²) in [5, 5.41) is 20.2. The van der Waals surface area contributed by atoms with E-state index in [1.54, 1.807) is 43.3 Å². The van der Waals surface area contributed by atoms with Crippen LogP contribution in [0.4, 0.5) is 5.13 Å². The van der Waals surface area contributed by atoms with E-state index in [2.05, 4.69) is 33.1 Å². The largest absolute Gasteiger partial charge is 0.507 e. The van der Waals surface area contributed by atoms with Gasteiger partial charge in [0.25, 0.3) is 5.78 Å². The highest BCUT2D eigenvalue weighted by Crippen LogP contribution is 2.43. The van der Waals surface area contributed by atoms with Crippen molar-refractivity contribution in [3.05, 3.63) is 74.7 Å². The standard InChI is InChI=1S/C24H22BrN3O4S/c1-3-4-13-32-18-11-7-16(8-12-18)21(29)19-20(15-5-9-17(25)10-6-15)28(23(31)22(19)30)24-27-26-14(2)33-24/h5-12,20,29H,3-4,13H2,1-2H3/t20-/m1/s1. The molecule has 2 heterocycles. The summed E-state index contributed by atoms with van der Waals surface area (Å²) >= 11 is 4.62. The first-order valence-corrected chi connectivity index (χ1v) is 12.1. The van der Waals surface area contributed by atoms with Crippen LogP contribution < -0.4 is 9.64 Å². The van der Waals surface area contributed by atoms with Gasteiger partial charge >= 0.3 is 5.91 Å². The molecule has 3 aromatic rings. The summed E-state index contributed by atoms with van der Waals surface area (Å²) in [6, 6.07) is 13.3. The molecule has 1 atom stereocenters. The molecule has 170 valence electrons. The Bertz CT molecular complexity index is 1210. The van der Waals surface area contributed by atoms with Gasteiger partial charge in [0.15, 0.2) is 0 Å². The van der Waals surface area contributed by atoms with Crippen molar-refractivity contribution in [2.24, 2.45) is 0 Å². The lowest BCUT2D eigenvalue weighted by atomic mass is 9.95. The maximum absolute atomic E-state index is 13.1. The summed E-state index contributed by atoms with van der Waals surface area (Å²) in [5.74, 6) is -1.09. The Kier molecular flexibility index (Phi) is 6.90. The molecule has 0 saturated carbocycles. The van der Waals surface area contributed by atoms with Crippen molar-refractivity contribution in [2.45, 2.75) is 32.7 Å². The maximum atomic E-state index is 13.1. The number of Topliss-reactive ketones (excluding diaryl/α,β-unsaturated/α-hetero) is 1. The third kappa shape index (κ3) is 4.69. The summed E-state index contributed by atoms with van der Waals surface area (Å²) in [7, 11) is 0. The molecule has 1 aliphatic heterocycles. The number of aryl methyl sites for hydroxylation is 1. The van der Waals surface area contributed by atoms with E-state index < -0.39 is 17.7 Å². The van der Waals surface area contributed by atoms with Crippen LogP contribution in [0.15, 0.2) is 58.6 Å². The first kappa shape index (κ1) is 23.1. The highest BCUT2D eigenvalue weighted by molar-refractivity contribution is 9.10. The Morgan fingerprint density at radius 3 is 2.42 bits per heavy atom. The van der Waals surface area contributed by atoms with E-state index in [4.69, 9.17) is 4.74 Å². The normalized spacial score (nSPS) is 17.5. The molecular formula is C24H22BrN3O4S. The molecule has 0 radical (unpaired) electrons. The van der Waals surface area contributed by atoms with E-state index in [9.17, 15) is 14.7 Å². The van der Waals surface area contributed by atoms with Gasteiger partial charge < -0.3 is 9.84 Å². The van der Waals surface area contributed by atoms with Crippen molar-refractivity contribution in [3.63, 3.8) is 0 Å². The van der Waals surface area contributed by atoms with Gasteiger partial charge in [0.05, 0.1) is 18.2 Å². The predicted octanol–water partition coefficient (Wildman–Crippen LogP) is 5.41. The minimum Gasteiger partial charge on any atom is -0.507 e. The number of hydrogen-bond donors (Lipinski definition) is 1. The Morgan fingerprint density at radius 1 is 1.12 bits per heavy atom. The zero-order valence-electron chi connectivity index (χ0n) is 18.1. The van der Waals surface area contributed by atoms with Gasteiger partial charge in [0.1, 0.15) is 16.5 Å². The molecule has 2 aromatic carbocycles. The average Bonchev–Trinajstić information content (AvgIpc) is 3.35. The topological polar surface area (TPSA) is 92.6 Å². The SMILES string of the molecule is CCCCOc1ccc(C(O)=C2C(=O)C(=O)N(c3nnc(C)s3)[C@@H]2c2ccc(Br)cc2)cc1. The minimum absolute atomic E-state index is 0.00910. The maximum Gasteiger partial charge on any atom is 0.301 e. The van der Waals surface area contributed by atoms with Crippen molar-refractivity contribution >= 4 is 49.8 Å². The number of amides is 1. The Balaban J connectivity index is 1.78. The molecule has 1 amide bonds. The van der Waals surface area contributed by atoms with Crippen LogP contribution in [0.2, 0.25) is 0 Å². The Labute approximate surface area is 203 Å². The van der Waals surface area contributed by atoms with E-state index in [0.29, 0.717) is 33.6 Å². The summed E-state index contributed by atoms with van der Waals surface area (Å²) in [6.45, 7) is 4.47. The van der Waals surface area contributed by atoms with Crippen molar-refractivity contribution < 1.29 is 19.4 Å². The van der Waals surface area contributed by atoms with Crippen LogP contribution in [0.3, 0.4) is 0 Å². The van der Waals surface area contributed by atoms with E-state index in [-0.39, 0.29) is 11.3 Å². The molecule has 33 heavy (non-hydrogen) atoms. The number of benzene rings is 2. The molecule has 1 fully saturated rings. The number of anilines is 1. The van der Waals surface area contributed by atoms with Crippen LogP contribution in [-0.4, -0.2) is 33.6 Å². The number of carbonyl (C=O) groups excluding carboxylic acids is 2. The van der Waals surface area contributed by atoms with Crippen LogP contribution in [-0.2, 0) is 9.59 Å². The molecule has 1 saturated heterocycles. The summed E-state index contributed by atoms with van der Waals surface area (Å²) in [4.78, 5) is 27.5. The molecule has 9 heteroatoms. The molecule has 1 aromatic heterocycles. The molecule has 0 spiro atoms. The number of halogens is 1. The number of nitrogens with zero attached hydrogens (tertiary/aromatic N) is 3. The number of carbonyl (C=O) groups is 2. The number of aromatic nitrogens is 2. The van der Waals surface area contributed by atoms with Gasteiger partial charge in [-0.05, 0) is 55.3 Å². The minimum atomic E-state index is -0.828. The van der Waals surface area contributed by atoms with E-state index in [1.807, 2.05) is 12.1 Å². The van der Waals surface area contributed by atoms with Gasteiger partial charge in [-0.1, -0.05) is 52.7 Å². The first-order valence-electron chi connectivity index (χ1n) is 10.5. The van der Waals surface area contributed by atoms with Crippen LogP contribution in [0.25, 0.3) is 5.76 Å².